The van der Waals surface area contributed by atoms with Crippen molar-refractivity contribution in [3.05, 3.63) is 5.82 Å². The molecular weight excluding hydrogens is 277 g/mol. The zero-order valence-corrected chi connectivity index (χ0v) is 11.5. The minimum absolute atomic E-state index is 0.326. The van der Waals surface area contributed by atoms with E-state index in [4.69, 9.17) is 0 Å². The van der Waals surface area contributed by atoms with Gasteiger partial charge in [0, 0.05) is 30.7 Å². The lowest BCUT2D eigenvalue weighted by Gasteiger charge is -2.29. The van der Waals surface area contributed by atoms with Crippen molar-refractivity contribution in [2.45, 2.75) is 38.4 Å². The van der Waals surface area contributed by atoms with Crippen LogP contribution in [0.4, 0.5) is 18.3 Å². The second-order valence-electron chi connectivity index (χ2n) is 4.58. The topological polar surface area (TPSA) is 41.0 Å². The molecule has 1 aromatic rings. The van der Waals surface area contributed by atoms with Crippen LogP contribution >= 0.6 is 11.5 Å². The summed E-state index contributed by atoms with van der Waals surface area (Å²) in [6, 6.07) is 0.326. The molecule has 0 aromatic carbocycles. The average molecular weight is 294 g/mol. The summed E-state index contributed by atoms with van der Waals surface area (Å²) < 4.78 is 40.8. The van der Waals surface area contributed by atoms with Gasteiger partial charge < -0.3 is 10.2 Å². The highest BCUT2D eigenvalue weighted by Gasteiger charge is 2.36. The predicted octanol–water partition coefficient (Wildman–Crippen LogP) is 2.53. The van der Waals surface area contributed by atoms with Gasteiger partial charge in [0.05, 0.1) is 0 Å². The van der Waals surface area contributed by atoms with Crippen molar-refractivity contribution in [2.75, 3.05) is 24.5 Å². The highest BCUT2D eigenvalue weighted by Crippen LogP contribution is 2.30. The lowest BCUT2D eigenvalue weighted by atomic mass is 10.0. The summed E-state index contributed by atoms with van der Waals surface area (Å²) in [7, 11) is 0. The first-order valence-electron chi connectivity index (χ1n) is 6.40. The summed E-state index contributed by atoms with van der Waals surface area (Å²) in [5.74, 6) is -1.04. The van der Waals surface area contributed by atoms with Crippen LogP contribution in [0.3, 0.4) is 0 Å². The minimum Gasteiger partial charge on any atom is -0.346 e. The van der Waals surface area contributed by atoms with E-state index in [1.165, 1.54) is 12.8 Å². The van der Waals surface area contributed by atoms with E-state index in [2.05, 4.69) is 14.7 Å². The molecule has 0 radical (unpaired) electrons. The Kier molecular flexibility index (Phi) is 4.62. The molecule has 0 spiro atoms. The van der Waals surface area contributed by atoms with Gasteiger partial charge in [-0.1, -0.05) is 6.42 Å². The van der Waals surface area contributed by atoms with Crippen molar-refractivity contribution in [3.63, 3.8) is 0 Å². The Bertz CT molecular complexity index is 401. The molecule has 2 heterocycles. The molecule has 19 heavy (non-hydrogen) atoms. The van der Waals surface area contributed by atoms with Crippen LogP contribution < -0.4 is 10.2 Å². The number of halogens is 3. The summed E-state index contributed by atoms with van der Waals surface area (Å²) >= 11 is 0.815. The number of hydrogen-bond donors (Lipinski definition) is 1. The maximum absolute atomic E-state index is 12.5. The zero-order valence-electron chi connectivity index (χ0n) is 10.7. The van der Waals surface area contributed by atoms with Crippen LogP contribution in [0.1, 0.15) is 32.0 Å². The molecule has 108 valence electrons. The first-order chi connectivity index (χ1) is 9.00. The van der Waals surface area contributed by atoms with Crippen LogP contribution in [-0.2, 0) is 6.18 Å². The van der Waals surface area contributed by atoms with Gasteiger partial charge in [-0.25, -0.2) is 0 Å². The maximum atomic E-state index is 12.5. The van der Waals surface area contributed by atoms with Crippen molar-refractivity contribution in [1.29, 1.82) is 0 Å². The van der Waals surface area contributed by atoms with Gasteiger partial charge in [0.25, 0.3) is 0 Å². The van der Waals surface area contributed by atoms with Crippen molar-refractivity contribution in [2.24, 2.45) is 0 Å². The largest absolute Gasteiger partial charge is 0.452 e. The zero-order chi connectivity index (χ0) is 13.9. The Morgan fingerprint density at radius 1 is 1.42 bits per heavy atom. The van der Waals surface area contributed by atoms with Gasteiger partial charge in [-0.15, -0.1) is 0 Å². The predicted molar refractivity (Wildman–Crippen MR) is 68.4 cm³/mol. The lowest BCUT2D eigenvalue weighted by molar-refractivity contribution is -0.144. The highest BCUT2D eigenvalue weighted by atomic mass is 32.1. The Labute approximate surface area is 114 Å². The van der Waals surface area contributed by atoms with Gasteiger partial charge in [-0.05, 0) is 26.3 Å². The van der Waals surface area contributed by atoms with Crippen molar-refractivity contribution in [3.8, 4) is 0 Å². The molecule has 1 atom stereocenters. The van der Waals surface area contributed by atoms with E-state index in [1.807, 2.05) is 11.8 Å². The number of hydrogen-bond acceptors (Lipinski definition) is 5. The lowest BCUT2D eigenvalue weighted by Crippen LogP contribution is -2.43. The number of alkyl halides is 3. The second-order valence-corrected chi connectivity index (χ2v) is 5.31. The van der Waals surface area contributed by atoms with Crippen LogP contribution in [0.5, 0.6) is 0 Å². The number of nitrogens with one attached hydrogen (secondary N) is 1. The van der Waals surface area contributed by atoms with Gasteiger partial charge >= 0.3 is 6.18 Å². The fourth-order valence-corrected chi connectivity index (χ4v) is 2.91. The van der Waals surface area contributed by atoms with Crippen LogP contribution in [0.25, 0.3) is 0 Å². The Balaban J connectivity index is 2.02. The summed E-state index contributed by atoms with van der Waals surface area (Å²) in [5.41, 5.74) is 0. The summed E-state index contributed by atoms with van der Waals surface area (Å²) in [5, 5.41) is 3.73. The standard InChI is InChI=1S/C11H17F3N4S/c1-2-18(7-8-5-3-4-6-15-8)10-16-9(17-19-10)11(12,13)14/h8,15H,2-7H2,1H3. The molecule has 1 fully saturated rings. The molecule has 0 bridgehead atoms. The Morgan fingerprint density at radius 2 is 2.21 bits per heavy atom. The van der Waals surface area contributed by atoms with Crippen molar-refractivity contribution < 1.29 is 13.2 Å². The van der Waals surface area contributed by atoms with E-state index < -0.39 is 12.0 Å². The van der Waals surface area contributed by atoms with E-state index in [-0.39, 0.29) is 0 Å². The average Bonchev–Trinajstić information content (AvgIpc) is 2.86. The number of likely N-dealkylation sites (N-methyl/N-ethyl adjacent to an activating group) is 1. The first kappa shape index (κ1) is 14.5. The number of aromatic nitrogens is 2. The van der Waals surface area contributed by atoms with E-state index in [1.54, 1.807) is 0 Å². The molecule has 8 heteroatoms. The van der Waals surface area contributed by atoms with E-state index >= 15 is 0 Å². The third-order valence-corrected chi connectivity index (χ3v) is 3.95. The van der Waals surface area contributed by atoms with Gasteiger partial charge in [0.1, 0.15) is 0 Å². The molecule has 0 amide bonds. The molecule has 1 N–H and O–H groups in total. The van der Waals surface area contributed by atoms with Crippen LogP contribution in [0.15, 0.2) is 0 Å². The summed E-state index contributed by atoms with van der Waals surface area (Å²) in [6.07, 6.45) is -1.07. The molecule has 1 aliphatic rings. The number of piperidine rings is 1. The molecule has 1 aliphatic heterocycles. The Hall–Kier alpha value is -0.890. The fourth-order valence-electron chi connectivity index (χ4n) is 2.15. The van der Waals surface area contributed by atoms with Gasteiger partial charge in [0.15, 0.2) is 0 Å². The molecule has 4 nitrogen and oxygen atoms in total. The fraction of sp³-hybridized carbons (Fsp3) is 0.818. The van der Waals surface area contributed by atoms with Gasteiger partial charge in [-0.2, -0.15) is 22.5 Å². The molecule has 1 unspecified atom stereocenters. The smallest absolute Gasteiger partial charge is 0.346 e. The summed E-state index contributed by atoms with van der Waals surface area (Å²) in [6.45, 7) is 4.21. The number of nitrogens with zero attached hydrogens (tertiary/aromatic N) is 3. The van der Waals surface area contributed by atoms with Crippen LogP contribution in [0, 0.1) is 0 Å². The summed E-state index contributed by atoms with van der Waals surface area (Å²) in [4.78, 5) is 5.46. The minimum atomic E-state index is -4.46. The highest BCUT2D eigenvalue weighted by molar-refractivity contribution is 7.09. The van der Waals surface area contributed by atoms with Crippen LogP contribution in [-0.4, -0.2) is 35.0 Å². The number of rotatable bonds is 4. The monoisotopic (exact) mass is 294 g/mol. The van der Waals surface area contributed by atoms with Gasteiger partial charge in [-0.3, -0.25) is 0 Å². The molecule has 0 aliphatic carbocycles. The SMILES string of the molecule is CCN(CC1CCCCN1)c1nc(C(F)(F)F)ns1. The molecule has 0 saturated carbocycles. The molecule has 1 saturated heterocycles. The quantitative estimate of drug-likeness (QED) is 0.926. The molecule has 1 aromatic heterocycles. The van der Waals surface area contributed by atoms with E-state index in [0.29, 0.717) is 24.3 Å². The van der Waals surface area contributed by atoms with E-state index in [9.17, 15) is 13.2 Å². The van der Waals surface area contributed by atoms with Crippen molar-refractivity contribution >= 4 is 16.7 Å². The van der Waals surface area contributed by atoms with Gasteiger partial charge in [0.2, 0.25) is 11.0 Å². The third-order valence-electron chi connectivity index (χ3n) is 3.17. The molecular formula is C11H17F3N4S. The number of anilines is 1. The Morgan fingerprint density at radius 3 is 2.74 bits per heavy atom. The maximum Gasteiger partial charge on any atom is 0.452 e. The first-order valence-corrected chi connectivity index (χ1v) is 7.17. The molecule has 2 rings (SSSR count). The third kappa shape index (κ3) is 3.79. The van der Waals surface area contributed by atoms with E-state index in [0.717, 1.165) is 24.5 Å². The second kappa shape index (κ2) is 6.04. The van der Waals surface area contributed by atoms with Crippen molar-refractivity contribution in [1.82, 2.24) is 14.7 Å². The van der Waals surface area contributed by atoms with Crippen LogP contribution in [0.2, 0.25) is 0 Å². The normalized spacial score (nSPS) is 20.5.